The topological polar surface area (TPSA) is 52.6 Å². The van der Waals surface area contributed by atoms with E-state index in [1.807, 2.05) is 13.8 Å². The summed E-state index contributed by atoms with van der Waals surface area (Å²) >= 11 is 0. The first kappa shape index (κ1) is 15.9. The van der Waals surface area contributed by atoms with E-state index in [0.717, 1.165) is 6.42 Å². The molecule has 0 atom stereocenters. The van der Waals surface area contributed by atoms with Gasteiger partial charge in [0.2, 0.25) is 0 Å². The Morgan fingerprint density at radius 1 is 0.882 bits per heavy atom. The van der Waals surface area contributed by atoms with Gasteiger partial charge in [0.05, 0.1) is 26.1 Å². The Hall–Kier alpha value is -1.06. The molecule has 4 heteroatoms. The zero-order valence-corrected chi connectivity index (χ0v) is 11.3. The minimum absolute atomic E-state index is 0.104. The highest BCUT2D eigenvalue weighted by molar-refractivity contribution is 5.77. The normalized spacial score (nSPS) is 10.7. The fraction of sp³-hybridized carbons (Fsp3) is 0.846. The van der Waals surface area contributed by atoms with Gasteiger partial charge in [0.15, 0.2) is 0 Å². The molecule has 0 N–H and O–H groups in total. The molecular formula is C13H24O4. The summed E-state index contributed by atoms with van der Waals surface area (Å²) in [4.78, 5) is 22.4. The molecule has 0 aromatic carbocycles. The number of ether oxygens (including phenoxy) is 2. The number of esters is 2. The van der Waals surface area contributed by atoms with Crippen LogP contribution in [-0.4, -0.2) is 25.2 Å². The van der Waals surface area contributed by atoms with Crippen molar-refractivity contribution < 1.29 is 19.1 Å². The fourth-order valence-electron chi connectivity index (χ4n) is 1.02. The van der Waals surface area contributed by atoms with Crippen molar-refractivity contribution in [1.82, 2.24) is 0 Å². The molecule has 0 bridgehead atoms. The van der Waals surface area contributed by atoms with Crippen molar-refractivity contribution in [2.45, 2.75) is 47.0 Å². The first-order chi connectivity index (χ1) is 7.91. The van der Waals surface area contributed by atoms with E-state index in [1.165, 1.54) is 0 Å². The third-order valence-electron chi connectivity index (χ3n) is 2.07. The maximum Gasteiger partial charge on any atom is 0.306 e. The second kappa shape index (κ2) is 9.02. The van der Waals surface area contributed by atoms with Crippen molar-refractivity contribution in [2.24, 2.45) is 11.8 Å². The molecule has 0 aromatic heterocycles. The molecule has 17 heavy (non-hydrogen) atoms. The molecule has 100 valence electrons. The Balaban J connectivity index is 3.52. The van der Waals surface area contributed by atoms with Gasteiger partial charge in [-0.1, -0.05) is 27.7 Å². The fourth-order valence-corrected chi connectivity index (χ4v) is 1.02. The largest absolute Gasteiger partial charge is 0.466 e. The Bertz CT molecular complexity index is 234. The van der Waals surface area contributed by atoms with Crippen LogP contribution in [0.3, 0.4) is 0 Å². The molecule has 0 aliphatic heterocycles. The van der Waals surface area contributed by atoms with Crippen LogP contribution in [0.5, 0.6) is 0 Å². The second-order valence-corrected chi connectivity index (χ2v) is 4.98. The molecule has 4 nitrogen and oxygen atoms in total. The number of carbonyl (C=O) groups is 2. The lowest BCUT2D eigenvalue weighted by Gasteiger charge is -2.08. The van der Waals surface area contributed by atoms with Gasteiger partial charge in [-0.25, -0.2) is 0 Å². The van der Waals surface area contributed by atoms with Crippen LogP contribution in [0.4, 0.5) is 0 Å². The summed E-state index contributed by atoms with van der Waals surface area (Å²) < 4.78 is 9.93. The summed E-state index contributed by atoms with van der Waals surface area (Å²) in [5.74, 6) is 0.169. The van der Waals surface area contributed by atoms with E-state index in [-0.39, 0.29) is 24.8 Å². The Morgan fingerprint density at radius 2 is 1.41 bits per heavy atom. The average Bonchev–Trinajstić information content (AvgIpc) is 2.23. The predicted octanol–water partition coefficient (Wildman–Crippen LogP) is 2.56. The van der Waals surface area contributed by atoms with Crippen LogP contribution in [0.25, 0.3) is 0 Å². The number of carbonyl (C=O) groups excluding carboxylic acids is 2. The lowest BCUT2D eigenvalue weighted by Crippen LogP contribution is -2.13. The average molecular weight is 244 g/mol. The minimum atomic E-state index is -0.334. The van der Waals surface area contributed by atoms with Crippen molar-refractivity contribution >= 4 is 11.9 Å². The maximum atomic E-state index is 11.2. The first-order valence-corrected chi connectivity index (χ1v) is 6.23. The van der Waals surface area contributed by atoms with Gasteiger partial charge in [-0.2, -0.15) is 0 Å². The molecular weight excluding hydrogens is 220 g/mol. The molecule has 0 fully saturated rings. The SMILES string of the molecule is CC(C)CCOC(=O)CCC(=O)OCC(C)C. The van der Waals surface area contributed by atoms with Crippen LogP contribution in [-0.2, 0) is 19.1 Å². The van der Waals surface area contributed by atoms with Crippen molar-refractivity contribution in [1.29, 1.82) is 0 Å². The summed E-state index contributed by atoms with van der Waals surface area (Å²) in [5, 5.41) is 0. The summed E-state index contributed by atoms with van der Waals surface area (Å²) in [7, 11) is 0. The van der Waals surface area contributed by atoms with E-state index >= 15 is 0 Å². The van der Waals surface area contributed by atoms with Crippen molar-refractivity contribution in [2.75, 3.05) is 13.2 Å². The molecule has 0 amide bonds. The quantitative estimate of drug-likeness (QED) is 0.616. The highest BCUT2D eigenvalue weighted by Crippen LogP contribution is 2.02. The molecule has 0 heterocycles. The molecule has 0 aliphatic carbocycles. The molecule has 0 aromatic rings. The van der Waals surface area contributed by atoms with Crippen molar-refractivity contribution in [3.63, 3.8) is 0 Å². The molecule has 0 spiro atoms. The van der Waals surface area contributed by atoms with E-state index < -0.39 is 0 Å². The molecule has 0 unspecified atom stereocenters. The Morgan fingerprint density at radius 3 is 1.88 bits per heavy atom. The Labute approximate surface area is 104 Å². The van der Waals surface area contributed by atoms with Gasteiger partial charge in [-0.05, 0) is 18.3 Å². The van der Waals surface area contributed by atoms with Crippen LogP contribution in [0.1, 0.15) is 47.0 Å². The lowest BCUT2D eigenvalue weighted by molar-refractivity contribution is -0.151. The van der Waals surface area contributed by atoms with Gasteiger partial charge < -0.3 is 9.47 Å². The van der Waals surface area contributed by atoms with E-state index in [4.69, 9.17) is 9.47 Å². The molecule has 0 radical (unpaired) electrons. The van der Waals surface area contributed by atoms with Gasteiger partial charge in [-0.3, -0.25) is 9.59 Å². The zero-order chi connectivity index (χ0) is 13.3. The van der Waals surface area contributed by atoms with E-state index in [9.17, 15) is 9.59 Å². The summed E-state index contributed by atoms with van der Waals surface area (Å²) in [6, 6.07) is 0. The molecule has 0 rings (SSSR count). The van der Waals surface area contributed by atoms with Crippen LogP contribution in [0.15, 0.2) is 0 Å². The van der Waals surface area contributed by atoms with Crippen molar-refractivity contribution in [3.8, 4) is 0 Å². The van der Waals surface area contributed by atoms with Crippen LogP contribution in [0, 0.1) is 11.8 Å². The van der Waals surface area contributed by atoms with Crippen LogP contribution < -0.4 is 0 Å². The maximum absolute atomic E-state index is 11.2. The number of rotatable bonds is 8. The third kappa shape index (κ3) is 11.2. The zero-order valence-electron chi connectivity index (χ0n) is 11.3. The van der Waals surface area contributed by atoms with Gasteiger partial charge in [-0.15, -0.1) is 0 Å². The van der Waals surface area contributed by atoms with E-state index in [1.54, 1.807) is 0 Å². The third-order valence-corrected chi connectivity index (χ3v) is 2.07. The van der Waals surface area contributed by atoms with Gasteiger partial charge in [0, 0.05) is 0 Å². The summed E-state index contributed by atoms with van der Waals surface area (Å²) in [6.45, 7) is 8.90. The number of hydrogen-bond donors (Lipinski definition) is 0. The molecule has 0 aliphatic rings. The number of hydrogen-bond acceptors (Lipinski definition) is 4. The Kier molecular flexibility index (Phi) is 8.46. The monoisotopic (exact) mass is 244 g/mol. The van der Waals surface area contributed by atoms with Crippen LogP contribution in [0.2, 0.25) is 0 Å². The van der Waals surface area contributed by atoms with Gasteiger partial charge in [0.1, 0.15) is 0 Å². The lowest BCUT2D eigenvalue weighted by atomic mass is 10.1. The standard InChI is InChI=1S/C13H24O4/c1-10(2)7-8-16-12(14)5-6-13(15)17-9-11(3)4/h10-11H,5-9H2,1-4H3. The summed E-state index contributed by atoms with van der Waals surface area (Å²) in [6.07, 6.45) is 1.06. The molecule has 0 saturated carbocycles. The highest BCUT2D eigenvalue weighted by atomic mass is 16.5. The molecule has 0 saturated heterocycles. The smallest absolute Gasteiger partial charge is 0.306 e. The predicted molar refractivity (Wildman–Crippen MR) is 65.4 cm³/mol. The van der Waals surface area contributed by atoms with E-state index in [2.05, 4.69) is 13.8 Å². The van der Waals surface area contributed by atoms with Gasteiger partial charge in [0.25, 0.3) is 0 Å². The van der Waals surface area contributed by atoms with Crippen molar-refractivity contribution in [3.05, 3.63) is 0 Å². The highest BCUT2D eigenvalue weighted by Gasteiger charge is 2.09. The van der Waals surface area contributed by atoms with E-state index in [0.29, 0.717) is 25.0 Å². The second-order valence-electron chi connectivity index (χ2n) is 4.98. The first-order valence-electron chi connectivity index (χ1n) is 6.23. The van der Waals surface area contributed by atoms with Crippen LogP contribution >= 0.6 is 0 Å². The summed E-state index contributed by atoms with van der Waals surface area (Å²) in [5.41, 5.74) is 0. The van der Waals surface area contributed by atoms with Gasteiger partial charge >= 0.3 is 11.9 Å². The minimum Gasteiger partial charge on any atom is -0.466 e.